The van der Waals surface area contributed by atoms with Crippen molar-refractivity contribution in [3.05, 3.63) is 194 Å². The molecule has 8 aromatic carbocycles. The molecule has 0 radical (unpaired) electrons. The van der Waals surface area contributed by atoms with Gasteiger partial charge in [-0.3, -0.25) is 0 Å². The van der Waals surface area contributed by atoms with Crippen molar-refractivity contribution in [1.82, 2.24) is 19.5 Å². The molecule has 262 valence electrons. The van der Waals surface area contributed by atoms with Crippen LogP contribution >= 0.6 is 11.3 Å². The SMILES string of the molecule is c1ccc(-c2ccc(-n3c4ccccc4c4cc(-c5cccc6sc7ccc(-c8nc(-c9ccccc9)nc(-c9ccccc9)n8)cc7c56)ccc43)cc2)cc1. The normalized spacial score (nSPS) is 11.6. The van der Waals surface area contributed by atoms with Crippen LogP contribution in [0.5, 0.6) is 0 Å². The lowest BCUT2D eigenvalue weighted by Gasteiger charge is -2.10. The van der Waals surface area contributed by atoms with E-state index >= 15 is 0 Å². The second-order valence-electron chi connectivity index (χ2n) is 14.0. The average Bonchev–Trinajstić information content (AvgIpc) is 3.82. The van der Waals surface area contributed by atoms with Crippen LogP contribution in [0, 0.1) is 0 Å². The van der Waals surface area contributed by atoms with E-state index in [9.17, 15) is 0 Å². The zero-order chi connectivity index (χ0) is 37.0. The third-order valence-corrected chi connectivity index (χ3v) is 11.8. The second kappa shape index (κ2) is 13.3. The molecule has 0 N–H and O–H groups in total. The lowest BCUT2D eigenvalue weighted by atomic mass is 9.97. The Hall–Kier alpha value is -7.21. The van der Waals surface area contributed by atoms with Crippen LogP contribution in [0.25, 0.3) is 104 Å². The Bertz CT molecular complexity index is 3160. The Morgan fingerprint density at radius 2 is 0.875 bits per heavy atom. The first kappa shape index (κ1) is 32.2. The third-order valence-electron chi connectivity index (χ3n) is 10.7. The zero-order valence-electron chi connectivity index (χ0n) is 30.2. The minimum atomic E-state index is 0.655. The summed E-state index contributed by atoms with van der Waals surface area (Å²) in [6.07, 6.45) is 0. The first-order valence-electron chi connectivity index (χ1n) is 18.8. The van der Waals surface area contributed by atoms with E-state index in [4.69, 9.17) is 15.0 Å². The largest absolute Gasteiger partial charge is 0.309 e. The number of rotatable bonds is 6. The number of fused-ring (bicyclic) bond motifs is 6. The molecule has 56 heavy (non-hydrogen) atoms. The summed E-state index contributed by atoms with van der Waals surface area (Å²) < 4.78 is 4.87. The van der Waals surface area contributed by atoms with Gasteiger partial charge in [-0.25, -0.2) is 15.0 Å². The Morgan fingerprint density at radius 1 is 0.339 bits per heavy atom. The molecule has 3 aromatic heterocycles. The third kappa shape index (κ3) is 5.48. The van der Waals surface area contributed by atoms with Gasteiger partial charge in [-0.05, 0) is 76.9 Å². The van der Waals surface area contributed by atoms with Gasteiger partial charge in [0.1, 0.15) is 0 Å². The molecule has 0 amide bonds. The van der Waals surface area contributed by atoms with Crippen LogP contribution in [0.3, 0.4) is 0 Å². The van der Waals surface area contributed by atoms with E-state index in [2.05, 4.69) is 138 Å². The number of para-hydroxylation sites is 1. The molecular weight excluding hydrogens is 701 g/mol. The molecule has 0 atom stereocenters. The first-order valence-corrected chi connectivity index (χ1v) is 19.6. The molecule has 11 rings (SSSR count). The van der Waals surface area contributed by atoms with Crippen molar-refractivity contribution in [2.45, 2.75) is 0 Å². The molecule has 0 aliphatic heterocycles. The molecule has 0 saturated carbocycles. The number of nitrogens with zero attached hydrogens (tertiary/aromatic N) is 4. The molecule has 3 heterocycles. The summed E-state index contributed by atoms with van der Waals surface area (Å²) in [4.78, 5) is 15.0. The zero-order valence-corrected chi connectivity index (χ0v) is 31.0. The van der Waals surface area contributed by atoms with Crippen LogP contribution in [0.2, 0.25) is 0 Å². The summed E-state index contributed by atoms with van der Waals surface area (Å²) in [7, 11) is 0. The number of thiophene rings is 1. The van der Waals surface area contributed by atoms with Crippen LogP contribution < -0.4 is 0 Å². The number of benzene rings is 8. The molecule has 0 bridgehead atoms. The van der Waals surface area contributed by atoms with Gasteiger partial charge < -0.3 is 4.57 Å². The molecule has 0 unspecified atom stereocenters. The van der Waals surface area contributed by atoms with Crippen molar-refractivity contribution in [1.29, 1.82) is 0 Å². The molecule has 0 aliphatic carbocycles. The lowest BCUT2D eigenvalue weighted by molar-refractivity contribution is 1.07. The van der Waals surface area contributed by atoms with Gasteiger partial charge in [0, 0.05) is 53.3 Å². The minimum Gasteiger partial charge on any atom is -0.309 e. The standard InChI is InChI=1S/C51H32N4S/c1-4-13-33(14-5-1)34-23-27-39(28-24-34)55-44-21-11-10-19-41(44)42-31-37(25-29-45(42)55)40-20-12-22-47-48(40)43-32-38(26-30-46(43)56-47)51-53-49(35-15-6-2-7-16-35)52-50(54-51)36-17-8-3-9-18-36/h1-32H. The minimum absolute atomic E-state index is 0.655. The number of hydrogen-bond donors (Lipinski definition) is 0. The molecule has 5 heteroatoms. The highest BCUT2D eigenvalue weighted by molar-refractivity contribution is 7.26. The van der Waals surface area contributed by atoms with Gasteiger partial charge in [0.15, 0.2) is 17.5 Å². The van der Waals surface area contributed by atoms with Gasteiger partial charge in [-0.2, -0.15) is 0 Å². The number of aromatic nitrogens is 4. The Balaban J connectivity index is 1.06. The maximum atomic E-state index is 5.04. The quantitative estimate of drug-likeness (QED) is 0.171. The smallest absolute Gasteiger partial charge is 0.164 e. The molecule has 0 aliphatic rings. The summed E-state index contributed by atoms with van der Waals surface area (Å²) in [5.74, 6) is 1.97. The predicted octanol–water partition coefficient (Wildman–Crippen LogP) is 13.7. The van der Waals surface area contributed by atoms with Crippen molar-refractivity contribution in [2.24, 2.45) is 0 Å². The summed E-state index contributed by atoms with van der Waals surface area (Å²) >= 11 is 1.82. The van der Waals surface area contributed by atoms with Gasteiger partial charge >= 0.3 is 0 Å². The maximum absolute atomic E-state index is 5.04. The van der Waals surface area contributed by atoms with Crippen LogP contribution in [-0.4, -0.2) is 19.5 Å². The van der Waals surface area contributed by atoms with E-state index in [1.807, 2.05) is 72.0 Å². The van der Waals surface area contributed by atoms with Crippen molar-refractivity contribution in [3.8, 4) is 62.1 Å². The Labute approximate surface area is 327 Å². The highest BCUT2D eigenvalue weighted by Gasteiger charge is 2.18. The van der Waals surface area contributed by atoms with Gasteiger partial charge in [0.2, 0.25) is 0 Å². The van der Waals surface area contributed by atoms with Crippen LogP contribution in [0.1, 0.15) is 0 Å². The number of hydrogen-bond acceptors (Lipinski definition) is 4. The van der Waals surface area contributed by atoms with E-state index in [-0.39, 0.29) is 0 Å². The van der Waals surface area contributed by atoms with Crippen molar-refractivity contribution >= 4 is 53.3 Å². The van der Waals surface area contributed by atoms with Gasteiger partial charge in [0.25, 0.3) is 0 Å². The fourth-order valence-electron chi connectivity index (χ4n) is 8.00. The highest BCUT2D eigenvalue weighted by Crippen LogP contribution is 2.43. The maximum Gasteiger partial charge on any atom is 0.164 e. The summed E-state index contributed by atoms with van der Waals surface area (Å²) in [6.45, 7) is 0. The van der Waals surface area contributed by atoms with E-state index in [1.54, 1.807) is 0 Å². The fourth-order valence-corrected chi connectivity index (χ4v) is 9.11. The monoisotopic (exact) mass is 732 g/mol. The molecule has 0 spiro atoms. The van der Waals surface area contributed by atoms with Gasteiger partial charge in [0.05, 0.1) is 11.0 Å². The second-order valence-corrected chi connectivity index (χ2v) is 15.1. The molecule has 11 aromatic rings. The van der Waals surface area contributed by atoms with Crippen molar-refractivity contribution in [3.63, 3.8) is 0 Å². The lowest BCUT2D eigenvalue weighted by Crippen LogP contribution is -2.00. The van der Waals surface area contributed by atoms with Crippen molar-refractivity contribution < 1.29 is 0 Å². The Kier molecular flexibility index (Phi) is 7.64. The average molecular weight is 733 g/mol. The highest BCUT2D eigenvalue weighted by atomic mass is 32.1. The summed E-state index contributed by atoms with van der Waals surface area (Å²) in [5, 5.41) is 4.91. The molecular formula is C51H32N4S. The van der Waals surface area contributed by atoms with Gasteiger partial charge in [-0.1, -0.05) is 140 Å². The predicted molar refractivity (Wildman–Crippen MR) is 234 cm³/mol. The Morgan fingerprint density at radius 3 is 1.57 bits per heavy atom. The van der Waals surface area contributed by atoms with Crippen LogP contribution in [-0.2, 0) is 0 Å². The van der Waals surface area contributed by atoms with Crippen molar-refractivity contribution in [2.75, 3.05) is 0 Å². The van der Waals surface area contributed by atoms with Crippen LogP contribution in [0.4, 0.5) is 0 Å². The molecule has 0 saturated heterocycles. The first-order chi connectivity index (χ1) is 27.7. The van der Waals surface area contributed by atoms with E-state index < -0.39 is 0 Å². The molecule has 4 nitrogen and oxygen atoms in total. The van der Waals surface area contributed by atoms with E-state index in [1.165, 1.54) is 64.2 Å². The fraction of sp³-hybridized carbons (Fsp3) is 0. The topological polar surface area (TPSA) is 43.6 Å². The van der Waals surface area contributed by atoms with Crippen LogP contribution in [0.15, 0.2) is 194 Å². The summed E-state index contributed by atoms with van der Waals surface area (Å²) in [5.41, 5.74) is 11.2. The van der Waals surface area contributed by atoms with Gasteiger partial charge in [-0.15, -0.1) is 11.3 Å². The van der Waals surface area contributed by atoms with E-state index in [0.717, 1.165) is 22.4 Å². The van der Waals surface area contributed by atoms with E-state index in [0.29, 0.717) is 17.5 Å². The molecule has 0 fully saturated rings. The summed E-state index contributed by atoms with van der Waals surface area (Å²) in [6, 6.07) is 68.7.